The molecule has 19 heavy (non-hydrogen) atoms. The van der Waals surface area contributed by atoms with Crippen molar-refractivity contribution in [1.82, 2.24) is 9.55 Å². The molecule has 0 aliphatic carbocycles. The van der Waals surface area contributed by atoms with Crippen molar-refractivity contribution in [2.24, 2.45) is 0 Å². The number of halogens is 2. The summed E-state index contributed by atoms with van der Waals surface area (Å²) in [7, 11) is 0. The maximum absolute atomic E-state index is 12.3. The van der Waals surface area contributed by atoms with Crippen LogP contribution in [-0.2, 0) is 0 Å². The number of amides is 1. The van der Waals surface area contributed by atoms with Gasteiger partial charge in [-0.25, -0.2) is 4.98 Å². The third-order valence-electron chi connectivity index (χ3n) is 2.59. The molecule has 0 unspecified atom stereocenters. The molecule has 0 atom stereocenters. The highest BCUT2D eigenvalue weighted by Crippen LogP contribution is 2.22. The van der Waals surface area contributed by atoms with E-state index in [0.717, 1.165) is 8.95 Å². The van der Waals surface area contributed by atoms with Crippen molar-refractivity contribution in [3.05, 3.63) is 45.2 Å². The maximum atomic E-state index is 12.3. The minimum atomic E-state index is -0.182. The van der Waals surface area contributed by atoms with E-state index in [1.54, 1.807) is 18.3 Å². The fourth-order valence-electron chi connectivity index (χ4n) is 1.70. The molecule has 2 aromatic rings. The van der Waals surface area contributed by atoms with Crippen molar-refractivity contribution in [1.29, 1.82) is 0 Å². The number of pyridine rings is 1. The van der Waals surface area contributed by atoms with Crippen LogP contribution in [0.15, 0.2) is 39.5 Å². The largest absolute Gasteiger partial charge is 0.340 e. The second-order valence-corrected chi connectivity index (χ2v) is 6.10. The molecule has 100 valence electrons. The predicted octanol–water partition coefficient (Wildman–Crippen LogP) is 4.24. The summed E-state index contributed by atoms with van der Waals surface area (Å²) in [5.41, 5.74) is 0.597. The highest BCUT2D eigenvalue weighted by atomic mass is 79.9. The van der Waals surface area contributed by atoms with Gasteiger partial charge in [-0.15, -0.1) is 0 Å². The van der Waals surface area contributed by atoms with E-state index >= 15 is 0 Å². The Labute approximate surface area is 128 Å². The quantitative estimate of drug-likeness (QED) is 0.857. The van der Waals surface area contributed by atoms with Crippen molar-refractivity contribution < 1.29 is 4.79 Å². The SMILES string of the molecule is CC(C)n1cc(Br)cc1C(=O)Nc1ncccc1Br. The monoisotopic (exact) mass is 385 g/mol. The molecule has 0 aliphatic heterocycles. The molecule has 0 fully saturated rings. The molecule has 0 saturated carbocycles. The molecule has 0 saturated heterocycles. The summed E-state index contributed by atoms with van der Waals surface area (Å²) in [6, 6.07) is 5.64. The van der Waals surface area contributed by atoms with Gasteiger partial charge >= 0.3 is 0 Å². The Morgan fingerprint density at radius 3 is 2.79 bits per heavy atom. The molecule has 1 N–H and O–H groups in total. The molecule has 0 aliphatic rings. The van der Waals surface area contributed by atoms with Crippen LogP contribution in [0.3, 0.4) is 0 Å². The molecule has 6 heteroatoms. The van der Waals surface area contributed by atoms with Crippen LogP contribution in [0.4, 0.5) is 5.82 Å². The lowest BCUT2D eigenvalue weighted by atomic mass is 10.3. The van der Waals surface area contributed by atoms with E-state index in [4.69, 9.17) is 0 Å². The fraction of sp³-hybridized carbons (Fsp3) is 0.231. The smallest absolute Gasteiger partial charge is 0.273 e. The molecular formula is C13H13Br2N3O. The van der Waals surface area contributed by atoms with Crippen molar-refractivity contribution in [2.75, 3.05) is 5.32 Å². The summed E-state index contributed by atoms with van der Waals surface area (Å²) < 4.78 is 3.55. The van der Waals surface area contributed by atoms with Crippen LogP contribution >= 0.6 is 31.9 Å². The molecule has 2 aromatic heterocycles. The number of anilines is 1. The topological polar surface area (TPSA) is 46.9 Å². The van der Waals surface area contributed by atoms with Gasteiger partial charge in [0.1, 0.15) is 11.5 Å². The molecule has 2 rings (SSSR count). The van der Waals surface area contributed by atoms with E-state index in [0.29, 0.717) is 11.5 Å². The van der Waals surface area contributed by atoms with Gasteiger partial charge in [0.2, 0.25) is 0 Å². The van der Waals surface area contributed by atoms with E-state index in [2.05, 4.69) is 42.2 Å². The van der Waals surface area contributed by atoms with Gasteiger partial charge in [-0.3, -0.25) is 4.79 Å². The lowest BCUT2D eigenvalue weighted by molar-refractivity contribution is 0.101. The molecule has 0 spiro atoms. The Bertz CT molecular complexity index is 608. The van der Waals surface area contributed by atoms with Gasteiger partial charge < -0.3 is 9.88 Å². The third-order valence-corrected chi connectivity index (χ3v) is 3.67. The molecule has 4 nitrogen and oxygen atoms in total. The van der Waals surface area contributed by atoms with Crippen LogP contribution in [0, 0.1) is 0 Å². The van der Waals surface area contributed by atoms with Gasteiger partial charge in [0, 0.05) is 22.9 Å². The normalized spacial score (nSPS) is 10.8. The number of hydrogen-bond acceptors (Lipinski definition) is 2. The number of nitrogens with zero attached hydrogens (tertiary/aromatic N) is 2. The van der Waals surface area contributed by atoms with E-state index in [9.17, 15) is 4.79 Å². The number of carbonyl (C=O) groups is 1. The first kappa shape index (κ1) is 14.3. The maximum Gasteiger partial charge on any atom is 0.273 e. The Hall–Kier alpha value is -1.14. The molecular weight excluding hydrogens is 374 g/mol. The van der Waals surface area contributed by atoms with Crippen molar-refractivity contribution in [3.8, 4) is 0 Å². The zero-order chi connectivity index (χ0) is 14.0. The van der Waals surface area contributed by atoms with Crippen LogP contribution in [0.1, 0.15) is 30.4 Å². The fourth-order valence-corrected chi connectivity index (χ4v) is 2.50. The predicted molar refractivity (Wildman–Crippen MR) is 82.4 cm³/mol. The minimum absolute atomic E-state index is 0.182. The number of rotatable bonds is 3. The summed E-state index contributed by atoms with van der Waals surface area (Å²) in [6.45, 7) is 4.06. The second kappa shape index (κ2) is 5.88. The van der Waals surface area contributed by atoms with Gasteiger partial charge in [0.15, 0.2) is 0 Å². The zero-order valence-corrected chi connectivity index (χ0v) is 13.7. The Morgan fingerprint density at radius 1 is 1.42 bits per heavy atom. The number of carbonyl (C=O) groups excluding carboxylic acids is 1. The van der Waals surface area contributed by atoms with Crippen molar-refractivity contribution in [2.45, 2.75) is 19.9 Å². The first-order valence-electron chi connectivity index (χ1n) is 5.78. The average molecular weight is 387 g/mol. The Kier molecular flexibility index (Phi) is 4.42. The lowest BCUT2D eigenvalue weighted by Crippen LogP contribution is -2.18. The van der Waals surface area contributed by atoms with Crippen LogP contribution < -0.4 is 5.32 Å². The van der Waals surface area contributed by atoms with Crippen molar-refractivity contribution >= 4 is 43.6 Å². The van der Waals surface area contributed by atoms with Gasteiger partial charge in [0.05, 0.1) is 4.47 Å². The Balaban J connectivity index is 2.28. The zero-order valence-electron chi connectivity index (χ0n) is 10.5. The van der Waals surface area contributed by atoms with Crippen LogP contribution in [0.25, 0.3) is 0 Å². The van der Waals surface area contributed by atoms with E-state index < -0.39 is 0 Å². The third kappa shape index (κ3) is 3.25. The number of aromatic nitrogens is 2. The van der Waals surface area contributed by atoms with Gasteiger partial charge in [0.25, 0.3) is 5.91 Å². The molecule has 1 amide bonds. The van der Waals surface area contributed by atoms with Crippen LogP contribution in [0.5, 0.6) is 0 Å². The summed E-state index contributed by atoms with van der Waals surface area (Å²) in [4.78, 5) is 16.4. The van der Waals surface area contributed by atoms with Gasteiger partial charge in [-0.1, -0.05) is 0 Å². The second-order valence-electron chi connectivity index (χ2n) is 4.33. The average Bonchev–Trinajstić information content (AvgIpc) is 2.74. The molecule has 0 bridgehead atoms. The first-order valence-corrected chi connectivity index (χ1v) is 7.37. The molecule has 0 aromatic carbocycles. The highest BCUT2D eigenvalue weighted by molar-refractivity contribution is 9.10. The van der Waals surface area contributed by atoms with Crippen molar-refractivity contribution in [3.63, 3.8) is 0 Å². The van der Waals surface area contributed by atoms with E-state index in [1.807, 2.05) is 30.7 Å². The highest BCUT2D eigenvalue weighted by Gasteiger charge is 2.16. The Morgan fingerprint density at radius 2 is 2.16 bits per heavy atom. The van der Waals surface area contributed by atoms with Crippen LogP contribution in [0.2, 0.25) is 0 Å². The standard InChI is InChI=1S/C13H13Br2N3O/c1-8(2)18-7-9(14)6-11(18)13(19)17-12-10(15)4-3-5-16-12/h3-8H,1-2H3,(H,16,17,19). The summed E-state index contributed by atoms with van der Waals surface area (Å²) >= 11 is 6.75. The van der Waals surface area contributed by atoms with E-state index in [1.165, 1.54) is 0 Å². The molecule has 2 heterocycles. The number of hydrogen-bond donors (Lipinski definition) is 1. The van der Waals surface area contributed by atoms with E-state index in [-0.39, 0.29) is 11.9 Å². The number of nitrogens with one attached hydrogen (secondary N) is 1. The summed E-state index contributed by atoms with van der Waals surface area (Å²) in [6.07, 6.45) is 3.53. The van der Waals surface area contributed by atoms with Gasteiger partial charge in [-0.05, 0) is 63.9 Å². The van der Waals surface area contributed by atoms with Crippen LogP contribution in [-0.4, -0.2) is 15.5 Å². The van der Waals surface area contributed by atoms with Gasteiger partial charge in [-0.2, -0.15) is 0 Å². The summed E-state index contributed by atoms with van der Waals surface area (Å²) in [5, 5.41) is 2.80. The minimum Gasteiger partial charge on any atom is -0.340 e. The lowest BCUT2D eigenvalue weighted by Gasteiger charge is -2.12. The first-order chi connectivity index (χ1) is 8.99. The molecule has 0 radical (unpaired) electrons. The summed E-state index contributed by atoms with van der Waals surface area (Å²) in [5.74, 6) is 0.332.